The predicted molar refractivity (Wildman–Crippen MR) is 202 cm³/mol. The van der Waals surface area contributed by atoms with E-state index in [0.717, 1.165) is 11.0 Å². The number of hydrogen-bond acceptors (Lipinski definition) is 10. The van der Waals surface area contributed by atoms with Gasteiger partial charge < -0.3 is 29.7 Å². The lowest BCUT2D eigenvalue weighted by molar-refractivity contribution is -0.244. The minimum Gasteiger partial charge on any atom is -0.494 e. The molecule has 1 aromatic heterocycles. The topological polar surface area (TPSA) is 182 Å². The molecule has 3 heterocycles. The Morgan fingerprint density at radius 1 is 1.12 bits per heavy atom. The summed E-state index contributed by atoms with van der Waals surface area (Å²) in [5.41, 5.74) is -4.74. The maximum atomic E-state index is 14.9. The lowest BCUT2D eigenvalue weighted by atomic mass is 9.88. The molecule has 20 heteroatoms. The standard InChI is InChI=1S/C39H48F5N5O9S/c1-21-8-6-7-9-24-18-38(24,34(52)48-59(54,55)37(20-40)11-12-37)47-31(50)28-16-25(57-32-26-17-27(41)29(56-5)15-23(26)10-13-45-32)19-49(28)33(51)30(22(2)14-21)46-35(53)58-36(3,4)39(42,43)44/h7,9-10,13,15,17,21-22,24-25,28,30H,6,8,11-12,14,16,18-20H2,1-5H3,(H,46,53)(H,47,50)(H,48,52)/b9-7-/t21-,22+,24?,25+,28-,30-,38+/m0/s1. The van der Waals surface area contributed by atoms with Crippen molar-refractivity contribution in [1.82, 2.24) is 25.2 Å². The molecule has 14 nitrogen and oxygen atoms in total. The molecule has 324 valence electrons. The molecule has 4 amide bonds. The van der Waals surface area contributed by atoms with Crippen molar-refractivity contribution < 1.29 is 63.8 Å². The predicted octanol–water partition coefficient (Wildman–Crippen LogP) is 5.00. The van der Waals surface area contributed by atoms with Gasteiger partial charge in [-0.25, -0.2) is 27.0 Å². The van der Waals surface area contributed by atoms with Crippen molar-refractivity contribution in [2.45, 2.75) is 113 Å². The zero-order valence-electron chi connectivity index (χ0n) is 33.2. The summed E-state index contributed by atoms with van der Waals surface area (Å²) in [7, 11) is -3.19. The molecular formula is C39H48F5N5O9S. The van der Waals surface area contributed by atoms with Gasteiger partial charge in [0.2, 0.25) is 33.3 Å². The molecule has 0 spiro atoms. The molecule has 4 aliphatic rings. The molecule has 1 unspecified atom stereocenters. The number of fused-ring (bicyclic) bond motifs is 3. The third-order valence-corrected chi connectivity index (χ3v) is 14.0. The number of rotatable bonds is 9. The van der Waals surface area contributed by atoms with E-state index in [9.17, 15) is 49.5 Å². The maximum Gasteiger partial charge on any atom is 0.427 e. The molecule has 0 bridgehead atoms. The Morgan fingerprint density at radius 3 is 2.47 bits per heavy atom. The highest BCUT2D eigenvalue weighted by atomic mass is 32.2. The smallest absolute Gasteiger partial charge is 0.427 e. The van der Waals surface area contributed by atoms with Crippen molar-refractivity contribution in [1.29, 1.82) is 0 Å². The Hall–Kier alpha value is -4.75. The first kappa shape index (κ1) is 43.8. The normalized spacial score (nSPS) is 29.2. The molecule has 1 saturated heterocycles. The average molecular weight is 858 g/mol. The number of amides is 4. The first-order valence-corrected chi connectivity index (χ1v) is 20.8. The van der Waals surface area contributed by atoms with E-state index in [1.54, 1.807) is 25.1 Å². The van der Waals surface area contributed by atoms with Gasteiger partial charge in [-0.1, -0.05) is 26.0 Å². The molecule has 3 fully saturated rings. The lowest BCUT2D eigenvalue weighted by Crippen LogP contribution is -2.60. The molecule has 3 N–H and O–H groups in total. The highest BCUT2D eigenvalue weighted by molar-refractivity contribution is 7.91. The highest BCUT2D eigenvalue weighted by Crippen LogP contribution is 2.48. The van der Waals surface area contributed by atoms with Crippen molar-refractivity contribution >= 4 is 44.6 Å². The van der Waals surface area contributed by atoms with Crippen molar-refractivity contribution in [3.8, 4) is 11.6 Å². The molecule has 0 radical (unpaired) electrons. The van der Waals surface area contributed by atoms with Crippen LogP contribution < -0.4 is 24.8 Å². The van der Waals surface area contributed by atoms with E-state index in [0.29, 0.717) is 38.5 Å². The number of ether oxygens (including phenoxy) is 3. The van der Waals surface area contributed by atoms with Gasteiger partial charge in [0.05, 0.1) is 13.7 Å². The molecular weight excluding hydrogens is 810 g/mol. The summed E-state index contributed by atoms with van der Waals surface area (Å²) < 4.78 is 112. The van der Waals surface area contributed by atoms with Gasteiger partial charge in [-0.05, 0) is 87.8 Å². The summed E-state index contributed by atoms with van der Waals surface area (Å²) >= 11 is 0. The van der Waals surface area contributed by atoms with E-state index in [1.165, 1.54) is 19.4 Å². The Labute approximate surface area is 338 Å². The number of hydrogen-bond donors (Lipinski definition) is 3. The van der Waals surface area contributed by atoms with E-state index in [1.807, 2.05) is 11.6 Å². The summed E-state index contributed by atoms with van der Waals surface area (Å²) in [6.07, 6.45) is -1.58. The van der Waals surface area contributed by atoms with Gasteiger partial charge in [0.15, 0.2) is 11.6 Å². The number of alkyl halides is 4. The second-order valence-corrected chi connectivity index (χ2v) is 18.7. The molecule has 2 aliphatic heterocycles. The fourth-order valence-corrected chi connectivity index (χ4v) is 9.18. The van der Waals surface area contributed by atoms with E-state index in [2.05, 4.69) is 15.6 Å². The first-order chi connectivity index (χ1) is 27.6. The number of methoxy groups -OCH3 is 1. The van der Waals surface area contributed by atoms with Crippen LogP contribution in [0.15, 0.2) is 36.5 Å². The number of alkyl carbamates (subject to hydrolysis) is 1. The largest absolute Gasteiger partial charge is 0.494 e. The van der Waals surface area contributed by atoms with Crippen LogP contribution in [0.1, 0.15) is 72.6 Å². The first-order valence-electron chi connectivity index (χ1n) is 19.3. The zero-order chi connectivity index (χ0) is 43.3. The van der Waals surface area contributed by atoms with E-state index < -0.39 is 98.4 Å². The molecule has 2 aromatic rings. The van der Waals surface area contributed by atoms with Crippen LogP contribution in [0, 0.1) is 23.6 Å². The molecule has 6 rings (SSSR count). The third-order valence-electron chi connectivity index (χ3n) is 11.8. The number of aromatic nitrogens is 1. The number of halogens is 5. The highest BCUT2D eigenvalue weighted by Gasteiger charge is 2.64. The summed E-state index contributed by atoms with van der Waals surface area (Å²) in [6, 6.07) is 1.18. The van der Waals surface area contributed by atoms with Crippen LogP contribution in [-0.2, 0) is 29.1 Å². The van der Waals surface area contributed by atoms with Crippen molar-refractivity contribution in [3.63, 3.8) is 0 Å². The minimum atomic E-state index is -4.95. The summed E-state index contributed by atoms with van der Waals surface area (Å²) in [5.74, 6) is -5.18. The average Bonchev–Trinajstić information content (AvgIpc) is 4.06. The number of nitrogens with zero attached hydrogens (tertiary/aromatic N) is 2. The minimum absolute atomic E-state index is 0.00807. The Balaban J connectivity index is 1.36. The van der Waals surface area contributed by atoms with Gasteiger partial charge in [-0.2, -0.15) is 13.2 Å². The number of allylic oxidation sites excluding steroid dienone is 1. The van der Waals surface area contributed by atoms with Gasteiger partial charge in [0.25, 0.3) is 5.91 Å². The van der Waals surface area contributed by atoms with Crippen LogP contribution in [0.3, 0.4) is 0 Å². The number of pyridine rings is 1. The fraction of sp³-hybridized carbons (Fsp3) is 0.615. The van der Waals surface area contributed by atoms with Gasteiger partial charge >= 0.3 is 12.3 Å². The number of nitrogens with one attached hydrogen (secondary N) is 3. The molecule has 59 heavy (non-hydrogen) atoms. The molecule has 2 aliphatic carbocycles. The lowest BCUT2D eigenvalue weighted by Gasteiger charge is -2.34. The van der Waals surface area contributed by atoms with Crippen molar-refractivity contribution in [3.05, 3.63) is 42.4 Å². The number of carbonyl (C=O) groups excluding carboxylic acids is 4. The van der Waals surface area contributed by atoms with Gasteiger partial charge in [-0.3, -0.25) is 19.1 Å². The van der Waals surface area contributed by atoms with Crippen LogP contribution in [0.25, 0.3) is 10.8 Å². The van der Waals surface area contributed by atoms with Gasteiger partial charge in [-0.15, -0.1) is 0 Å². The van der Waals surface area contributed by atoms with Crippen LogP contribution in [0.5, 0.6) is 11.6 Å². The second kappa shape index (κ2) is 16.0. The summed E-state index contributed by atoms with van der Waals surface area (Å²) in [5, 5.41) is 5.71. The van der Waals surface area contributed by atoms with E-state index in [4.69, 9.17) is 14.2 Å². The number of sulfonamides is 1. The Kier molecular flexibility index (Phi) is 11.9. The quantitative estimate of drug-likeness (QED) is 0.229. The molecule has 2 saturated carbocycles. The van der Waals surface area contributed by atoms with E-state index in [-0.39, 0.29) is 55.2 Å². The summed E-state index contributed by atoms with van der Waals surface area (Å²) in [4.78, 5) is 61.5. The van der Waals surface area contributed by atoms with Crippen LogP contribution in [0.2, 0.25) is 0 Å². The monoisotopic (exact) mass is 857 g/mol. The van der Waals surface area contributed by atoms with Crippen LogP contribution >= 0.6 is 0 Å². The van der Waals surface area contributed by atoms with Gasteiger partial charge in [0, 0.05) is 23.9 Å². The second-order valence-electron chi connectivity index (χ2n) is 16.7. The molecule has 7 atom stereocenters. The third kappa shape index (κ3) is 8.77. The fourth-order valence-electron chi connectivity index (χ4n) is 7.75. The van der Waals surface area contributed by atoms with Gasteiger partial charge in [0.1, 0.15) is 35.1 Å². The molecule has 1 aromatic carbocycles. The van der Waals surface area contributed by atoms with E-state index >= 15 is 0 Å². The van der Waals surface area contributed by atoms with Crippen LogP contribution in [-0.4, -0.2) is 103 Å². The SMILES string of the molecule is COc1cc2ccnc(O[C@@H]3C[C@H]4C(=O)N[C@]5(C(=O)NS(=O)(=O)C6(CF)CC6)CC5/C=C\CC[C@H](C)C[C@@H](C)[C@H](NC(=O)OC(C)(C)C(F)(F)F)C(=O)N4C3)c2cc1F. The van der Waals surface area contributed by atoms with Crippen molar-refractivity contribution in [2.24, 2.45) is 17.8 Å². The van der Waals surface area contributed by atoms with Crippen LogP contribution in [0.4, 0.5) is 26.7 Å². The zero-order valence-corrected chi connectivity index (χ0v) is 34.0. The Bertz CT molecular complexity index is 2130. The maximum absolute atomic E-state index is 14.9. The summed E-state index contributed by atoms with van der Waals surface area (Å²) in [6.45, 7) is 3.27. The number of carbonyl (C=O) groups is 4. The Morgan fingerprint density at radius 2 is 1.83 bits per heavy atom. The number of benzene rings is 1. The van der Waals surface area contributed by atoms with Crippen molar-refractivity contribution in [2.75, 3.05) is 20.3 Å².